The van der Waals surface area contributed by atoms with Crippen molar-refractivity contribution in [2.45, 2.75) is 31.7 Å². The smallest absolute Gasteiger partial charge is 0.150 e. The van der Waals surface area contributed by atoms with Gasteiger partial charge in [0.15, 0.2) is 19.7 Å². The first-order valence-corrected chi connectivity index (χ1v) is 10.6. The molecule has 0 bridgehead atoms. The molecule has 0 radical (unpaired) electrons. The lowest BCUT2D eigenvalue weighted by Crippen LogP contribution is -2.43. The number of rotatable bonds is 4. The molecule has 0 aromatic heterocycles. The highest BCUT2D eigenvalue weighted by Crippen LogP contribution is 2.44. The number of sulfone groups is 2. The van der Waals surface area contributed by atoms with Gasteiger partial charge in [0.1, 0.15) is 0 Å². The van der Waals surface area contributed by atoms with Crippen LogP contribution in [-0.2, 0) is 19.7 Å². The molecule has 2 aliphatic heterocycles. The minimum Gasteiger partial charge on any atom is -0.313 e. The molecule has 1 N–H and O–H groups in total. The molecule has 19 heavy (non-hydrogen) atoms. The van der Waals surface area contributed by atoms with E-state index in [4.69, 9.17) is 0 Å². The Hall–Kier alpha value is -0.140. The van der Waals surface area contributed by atoms with E-state index in [0.29, 0.717) is 25.4 Å². The van der Waals surface area contributed by atoms with Crippen molar-refractivity contribution < 1.29 is 16.8 Å². The summed E-state index contributed by atoms with van der Waals surface area (Å²) in [6, 6.07) is 0.526. The summed E-state index contributed by atoms with van der Waals surface area (Å²) in [5.41, 5.74) is -0.342. The van der Waals surface area contributed by atoms with Gasteiger partial charge in [0.2, 0.25) is 0 Å². The highest BCUT2D eigenvalue weighted by atomic mass is 32.2. The third kappa shape index (κ3) is 2.97. The minimum atomic E-state index is -2.99. The Morgan fingerprint density at radius 3 is 2.21 bits per heavy atom. The van der Waals surface area contributed by atoms with Gasteiger partial charge in [-0.3, -0.25) is 0 Å². The number of nitrogens with one attached hydrogen (secondary N) is 1. The molecule has 110 valence electrons. The van der Waals surface area contributed by atoms with Crippen LogP contribution in [0, 0.1) is 11.3 Å². The van der Waals surface area contributed by atoms with Crippen molar-refractivity contribution >= 4 is 19.7 Å². The lowest BCUT2D eigenvalue weighted by Gasteiger charge is -2.34. The van der Waals surface area contributed by atoms with Crippen molar-refractivity contribution in [3.05, 3.63) is 0 Å². The van der Waals surface area contributed by atoms with E-state index in [1.165, 1.54) is 0 Å². The zero-order valence-corrected chi connectivity index (χ0v) is 12.6. The van der Waals surface area contributed by atoms with Gasteiger partial charge in [0.25, 0.3) is 0 Å². The van der Waals surface area contributed by atoms with Crippen LogP contribution in [0.5, 0.6) is 0 Å². The Kier molecular flexibility index (Phi) is 3.22. The maximum atomic E-state index is 11.8. The highest BCUT2D eigenvalue weighted by Gasteiger charge is 2.51. The quantitative estimate of drug-likeness (QED) is 0.789. The van der Waals surface area contributed by atoms with E-state index in [1.807, 2.05) is 0 Å². The van der Waals surface area contributed by atoms with Gasteiger partial charge in [-0.1, -0.05) is 0 Å². The predicted molar refractivity (Wildman–Crippen MR) is 73.5 cm³/mol. The SMILES string of the molecule is O=S1(=O)CCC(C2(CNC3CC3)CCS(=O)(=O)C2)C1. The van der Waals surface area contributed by atoms with E-state index in [-0.39, 0.29) is 34.3 Å². The summed E-state index contributed by atoms with van der Waals surface area (Å²) in [7, 11) is -5.94. The van der Waals surface area contributed by atoms with E-state index in [0.717, 1.165) is 12.8 Å². The van der Waals surface area contributed by atoms with Gasteiger partial charge < -0.3 is 5.32 Å². The van der Waals surface area contributed by atoms with Crippen LogP contribution in [0.2, 0.25) is 0 Å². The first-order chi connectivity index (χ1) is 8.80. The zero-order chi connectivity index (χ0) is 13.7. The molecule has 2 saturated heterocycles. The standard InChI is InChI=1S/C12H21NO4S2/c14-18(15)5-3-10(7-18)12(8-13-11-1-2-11)4-6-19(16,17)9-12/h10-11,13H,1-9H2. The molecular formula is C12H21NO4S2. The Bertz CT molecular complexity index is 565. The van der Waals surface area contributed by atoms with Crippen LogP contribution >= 0.6 is 0 Å². The first-order valence-electron chi connectivity index (χ1n) is 6.95. The molecule has 0 amide bonds. The molecule has 7 heteroatoms. The van der Waals surface area contributed by atoms with Crippen LogP contribution in [0.3, 0.4) is 0 Å². The number of hydrogen-bond donors (Lipinski definition) is 1. The topological polar surface area (TPSA) is 80.3 Å². The third-order valence-electron chi connectivity index (χ3n) is 4.84. The molecule has 0 aromatic carbocycles. The van der Waals surface area contributed by atoms with Crippen molar-refractivity contribution in [1.82, 2.24) is 5.32 Å². The monoisotopic (exact) mass is 307 g/mol. The summed E-state index contributed by atoms with van der Waals surface area (Å²) in [6.07, 6.45) is 3.57. The van der Waals surface area contributed by atoms with E-state index in [1.54, 1.807) is 0 Å². The molecule has 1 saturated carbocycles. The summed E-state index contributed by atoms with van der Waals surface area (Å²) >= 11 is 0. The molecule has 3 aliphatic rings. The van der Waals surface area contributed by atoms with E-state index < -0.39 is 19.7 Å². The fraction of sp³-hybridized carbons (Fsp3) is 1.00. The van der Waals surface area contributed by atoms with Gasteiger partial charge in [-0.05, 0) is 31.6 Å². The van der Waals surface area contributed by atoms with Crippen molar-refractivity contribution in [2.75, 3.05) is 29.6 Å². The summed E-state index contributed by atoms with van der Waals surface area (Å²) in [6.45, 7) is 0.664. The minimum absolute atomic E-state index is 0.0148. The molecule has 0 spiro atoms. The predicted octanol–water partition coefficient (Wildman–Crippen LogP) is -0.0220. The second-order valence-electron chi connectivity index (χ2n) is 6.46. The molecule has 3 fully saturated rings. The molecular weight excluding hydrogens is 286 g/mol. The molecule has 2 heterocycles. The van der Waals surface area contributed by atoms with Gasteiger partial charge in [-0.2, -0.15) is 0 Å². The molecule has 0 aromatic rings. The fourth-order valence-electron chi connectivity index (χ4n) is 3.46. The Morgan fingerprint density at radius 2 is 1.74 bits per heavy atom. The zero-order valence-electron chi connectivity index (χ0n) is 11.0. The van der Waals surface area contributed by atoms with Crippen LogP contribution in [-0.4, -0.2) is 52.4 Å². The summed E-state index contributed by atoms with van der Waals surface area (Å²) in [5, 5.41) is 3.42. The van der Waals surface area contributed by atoms with Crippen LogP contribution in [0.25, 0.3) is 0 Å². The Morgan fingerprint density at radius 1 is 1.00 bits per heavy atom. The Labute approximate surface area is 115 Å². The van der Waals surface area contributed by atoms with Crippen molar-refractivity contribution in [1.29, 1.82) is 0 Å². The average Bonchev–Trinajstić information content (AvgIpc) is 2.98. The molecule has 3 rings (SSSR count). The van der Waals surface area contributed by atoms with Gasteiger partial charge in [-0.25, -0.2) is 16.8 Å². The normalized spacial score (nSPS) is 40.5. The van der Waals surface area contributed by atoms with Crippen LogP contribution in [0.1, 0.15) is 25.7 Å². The van der Waals surface area contributed by atoms with Crippen molar-refractivity contribution in [3.8, 4) is 0 Å². The van der Waals surface area contributed by atoms with Gasteiger partial charge in [-0.15, -0.1) is 0 Å². The second kappa shape index (κ2) is 4.43. The lowest BCUT2D eigenvalue weighted by atomic mass is 9.74. The number of hydrogen-bond acceptors (Lipinski definition) is 5. The fourth-order valence-corrected chi connectivity index (χ4v) is 7.62. The molecule has 2 unspecified atom stereocenters. The van der Waals surface area contributed by atoms with Crippen LogP contribution < -0.4 is 5.32 Å². The summed E-state index contributed by atoms with van der Waals surface area (Å²) in [5.74, 6) is 0.800. The second-order valence-corrected chi connectivity index (χ2v) is 10.9. The maximum Gasteiger partial charge on any atom is 0.150 e. The van der Waals surface area contributed by atoms with Crippen LogP contribution in [0.15, 0.2) is 0 Å². The largest absolute Gasteiger partial charge is 0.313 e. The first kappa shape index (κ1) is 13.8. The average molecular weight is 307 g/mol. The van der Waals surface area contributed by atoms with Gasteiger partial charge >= 0.3 is 0 Å². The summed E-state index contributed by atoms with van der Waals surface area (Å²) in [4.78, 5) is 0. The lowest BCUT2D eigenvalue weighted by molar-refractivity contribution is 0.205. The third-order valence-corrected chi connectivity index (χ3v) is 8.45. The molecule has 5 nitrogen and oxygen atoms in total. The van der Waals surface area contributed by atoms with Crippen LogP contribution in [0.4, 0.5) is 0 Å². The molecule has 1 aliphatic carbocycles. The Balaban J connectivity index is 1.80. The molecule has 2 atom stereocenters. The van der Waals surface area contributed by atoms with E-state index in [2.05, 4.69) is 5.32 Å². The van der Waals surface area contributed by atoms with Gasteiger partial charge in [0, 0.05) is 18.0 Å². The van der Waals surface area contributed by atoms with E-state index >= 15 is 0 Å². The highest BCUT2D eigenvalue weighted by molar-refractivity contribution is 7.92. The van der Waals surface area contributed by atoms with Gasteiger partial charge in [0.05, 0.1) is 23.0 Å². The summed E-state index contributed by atoms with van der Waals surface area (Å²) < 4.78 is 47.1. The maximum absolute atomic E-state index is 11.8. The van der Waals surface area contributed by atoms with E-state index in [9.17, 15) is 16.8 Å². The van der Waals surface area contributed by atoms with Crippen molar-refractivity contribution in [2.24, 2.45) is 11.3 Å². The van der Waals surface area contributed by atoms with Crippen molar-refractivity contribution in [3.63, 3.8) is 0 Å².